The monoisotopic (exact) mass is 316 g/mol. The Labute approximate surface area is 126 Å². The fraction of sp³-hybridized carbons (Fsp3) is 0.846. The minimum absolute atomic E-state index is 0.0918. The molecule has 0 N–H and O–H groups in total. The number of aryl methyl sites for hydroxylation is 1. The van der Waals surface area contributed by atoms with Crippen molar-refractivity contribution >= 4 is 10.2 Å². The number of nitrogens with zero attached hydrogens (tertiary/aromatic N) is 4. The van der Waals surface area contributed by atoms with Gasteiger partial charge in [-0.2, -0.15) is 22.0 Å². The number of aromatic nitrogens is 2. The lowest BCUT2D eigenvalue weighted by Gasteiger charge is -2.32. The first kappa shape index (κ1) is 16.4. The highest BCUT2D eigenvalue weighted by molar-refractivity contribution is 7.86. The van der Waals surface area contributed by atoms with Crippen LogP contribution >= 0.6 is 0 Å². The van der Waals surface area contributed by atoms with Gasteiger partial charge in [0.1, 0.15) is 0 Å². The molecule has 1 atom stereocenters. The van der Waals surface area contributed by atoms with Gasteiger partial charge in [0.2, 0.25) is 5.89 Å². The van der Waals surface area contributed by atoms with Crippen molar-refractivity contribution in [3.05, 3.63) is 11.7 Å². The Hall–Kier alpha value is -0.990. The van der Waals surface area contributed by atoms with Gasteiger partial charge in [0, 0.05) is 26.6 Å². The van der Waals surface area contributed by atoms with E-state index >= 15 is 0 Å². The van der Waals surface area contributed by atoms with Crippen molar-refractivity contribution in [3.8, 4) is 0 Å². The van der Waals surface area contributed by atoms with E-state index in [0.29, 0.717) is 18.3 Å². The minimum Gasteiger partial charge on any atom is -0.340 e. The van der Waals surface area contributed by atoms with Crippen molar-refractivity contribution in [2.45, 2.75) is 58.5 Å². The highest BCUT2D eigenvalue weighted by atomic mass is 32.2. The van der Waals surface area contributed by atoms with Crippen LogP contribution in [0.5, 0.6) is 0 Å². The van der Waals surface area contributed by atoms with Crippen molar-refractivity contribution in [1.29, 1.82) is 0 Å². The van der Waals surface area contributed by atoms with Crippen LogP contribution in [0, 0.1) is 6.92 Å². The predicted molar refractivity (Wildman–Crippen MR) is 78.8 cm³/mol. The first-order valence-electron chi connectivity index (χ1n) is 7.39. The van der Waals surface area contributed by atoms with E-state index in [-0.39, 0.29) is 12.1 Å². The highest BCUT2D eigenvalue weighted by Gasteiger charge is 2.37. The van der Waals surface area contributed by atoms with E-state index in [1.54, 1.807) is 14.0 Å². The number of rotatable bonds is 4. The molecule has 1 aromatic rings. The molecule has 2 rings (SSSR count). The van der Waals surface area contributed by atoms with E-state index in [0.717, 1.165) is 25.7 Å². The van der Waals surface area contributed by atoms with Crippen molar-refractivity contribution < 1.29 is 12.9 Å². The Morgan fingerprint density at radius 1 is 1.33 bits per heavy atom. The molecule has 1 fully saturated rings. The lowest BCUT2D eigenvalue weighted by Crippen LogP contribution is -2.46. The molecule has 0 aromatic carbocycles. The summed E-state index contributed by atoms with van der Waals surface area (Å²) >= 11 is 0. The van der Waals surface area contributed by atoms with Crippen LogP contribution in [-0.4, -0.2) is 46.8 Å². The number of hydrogen-bond donors (Lipinski definition) is 0. The van der Waals surface area contributed by atoms with E-state index in [1.807, 2.05) is 13.8 Å². The maximum Gasteiger partial charge on any atom is 0.282 e. The maximum atomic E-state index is 12.8. The average molecular weight is 316 g/mol. The second-order valence-corrected chi connectivity index (χ2v) is 7.71. The molecule has 0 unspecified atom stereocenters. The zero-order valence-corrected chi connectivity index (χ0v) is 13.9. The summed E-state index contributed by atoms with van der Waals surface area (Å²) in [7, 11) is -1.91. The molecule has 21 heavy (non-hydrogen) atoms. The summed E-state index contributed by atoms with van der Waals surface area (Å²) < 4.78 is 33.6. The standard InChI is InChI=1S/C13H24N4O3S/c1-10(2)16(4)21(18,19)17-9-7-5-6-8-12(17)13-14-11(3)20-15-13/h10,12H,5-9H2,1-4H3/t12-/m0/s1. The Balaban J connectivity index is 2.36. The molecule has 8 heteroatoms. The fourth-order valence-corrected chi connectivity index (χ4v) is 4.24. The molecule has 0 amide bonds. The summed E-state index contributed by atoms with van der Waals surface area (Å²) in [5.74, 6) is 0.930. The summed E-state index contributed by atoms with van der Waals surface area (Å²) in [5.41, 5.74) is 0. The fourth-order valence-electron chi connectivity index (χ4n) is 2.50. The lowest BCUT2D eigenvalue weighted by atomic mass is 10.1. The molecule has 0 radical (unpaired) electrons. The maximum absolute atomic E-state index is 12.8. The summed E-state index contributed by atoms with van der Waals surface area (Å²) in [4.78, 5) is 4.24. The molecule has 7 nitrogen and oxygen atoms in total. The van der Waals surface area contributed by atoms with E-state index < -0.39 is 10.2 Å². The van der Waals surface area contributed by atoms with Crippen LogP contribution < -0.4 is 0 Å². The molecular weight excluding hydrogens is 292 g/mol. The topological polar surface area (TPSA) is 79.5 Å². The van der Waals surface area contributed by atoms with Crippen LogP contribution in [0.4, 0.5) is 0 Å². The van der Waals surface area contributed by atoms with Gasteiger partial charge >= 0.3 is 0 Å². The van der Waals surface area contributed by atoms with Gasteiger partial charge in [-0.15, -0.1) is 0 Å². The third kappa shape index (κ3) is 3.44. The van der Waals surface area contributed by atoms with Crippen LogP contribution in [0.15, 0.2) is 4.52 Å². The molecule has 1 saturated heterocycles. The first-order chi connectivity index (χ1) is 9.84. The average Bonchev–Trinajstić information content (AvgIpc) is 2.71. The van der Waals surface area contributed by atoms with Crippen LogP contribution in [0.1, 0.15) is 57.3 Å². The second-order valence-electron chi connectivity index (χ2n) is 5.77. The molecule has 0 saturated carbocycles. The van der Waals surface area contributed by atoms with Gasteiger partial charge in [0.25, 0.3) is 10.2 Å². The summed E-state index contributed by atoms with van der Waals surface area (Å²) in [6.45, 7) is 5.94. The van der Waals surface area contributed by atoms with Crippen molar-refractivity contribution in [1.82, 2.24) is 18.8 Å². The normalized spacial score (nSPS) is 21.9. The van der Waals surface area contributed by atoms with E-state index in [1.165, 1.54) is 8.61 Å². The number of hydrogen-bond acceptors (Lipinski definition) is 5. The van der Waals surface area contributed by atoms with Crippen molar-refractivity contribution in [3.63, 3.8) is 0 Å². The van der Waals surface area contributed by atoms with Gasteiger partial charge in [-0.1, -0.05) is 18.0 Å². The Kier molecular flexibility index (Phi) is 5.00. The van der Waals surface area contributed by atoms with Gasteiger partial charge in [-0.05, 0) is 26.7 Å². The molecule has 1 aliphatic rings. The highest BCUT2D eigenvalue weighted by Crippen LogP contribution is 2.32. The molecule has 0 bridgehead atoms. The molecule has 2 heterocycles. The van der Waals surface area contributed by atoms with Gasteiger partial charge in [-0.3, -0.25) is 0 Å². The second kappa shape index (κ2) is 6.41. The quantitative estimate of drug-likeness (QED) is 0.847. The summed E-state index contributed by atoms with van der Waals surface area (Å²) in [5, 5.41) is 3.94. The first-order valence-corrected chi connectivity index (χ1v) is 8.78. The summed E-state index contributed by atoms with van der Waals surface area (Å²) in [6, 6.07) is -0.429. The SMILES string of the molecule is Cc1nc([C@@H]2CCCCCN2S(=O)(=O)N(C)C(C)C)no1. The van der Waals surface area contributed by atoms with Crippen LogP contribution in [0.2, 0.25) is 0 Å². The Bertz CT molecular complexity index is 570. The van der Waals surface area contributed by atoms with E-state index in [9.17, 15) is 8.42 Å². The molecular formula is C13H24N4O3S. The smallest absolute Gasteiger partial charge is 0.282 e. The molecule has 0 aliphatic carbocycles. The van der Waals surface area contributed by atoms with Crippen LogP contribution in [0.3, 0.4) is 0 Å². The Morgan fingerprint density at radius 2 is 2.05 bits per heavy atom. The molecule has 1 aromatic heterocycles. The summed E-state index contributed by atoms with van der Waals surface area (Å²) in [6.07, 6.45) is 3.57. The Morgan fingerprint density at radius 3 is 2.62 bits per heavy atom. The van der Waals surface area contributed by atoms with Crippen LogP contribution in [-0.2, 0) is 10.2 Å². The van der Waals surface area contributed by atoms with Crippen molar-refractivity contribution in [2.75, 3.05) is 13.6 Å². The van der Waals surface area contributed by atoms with Gasteiger partial charge in [0.15, 0.2) is 5.82 Å². The lowest BCUT2D eigenvalue weighted by molar-refractivity contribution is 0.271. The molecule has 120 valence electrons. The zero-order chi connectivity index (χ0) is 15.6. The molecule has 1 aliphatic heterocycles. The van der Waals surface area contributed by atoms with Crippen molar-refractivity contribution in [2.24, 2.45) is 0 Å². The predicted octanol–water partition coefficient (Wildman–Crippen LogP) is 1.88. The minimum atomic E-state index is -3.53. The zero-order valence-electron chi connectivity index (χ0n) is 13.1. The largest absolute Gasteiger partial charge is 0.340 e. The van der Waals surface area contributed by atoms with Gasteiger partial charge < -0.3 is 4.52 Å². The molecule has 0 spiro atoms. The third-order valence-corrected chi connectivity index (χ3v) is 6.11. The van der Waals surface area contributed by atoms with Gasteiger partial charge in [-0.25, -0.2) is 0 Å². The van der Waals surface area contributed by atoms with E-state index in [2.05, 4.69) is 10.1 Å². The van der Waals surface area contributed by atoms with Crippen LogP contribution in [0.25, 0.3) is 0 Å². The third-order valence-electron chi connectivity index (χ3n) is 3.93. The van der Waals surface area contributed by atoms with Gasteiger partial charge in [0.05, 0.1) is 6.04 Å². The van der Waals surface area contributed by atoms with E-state index in [4.69, 9.17) is 4.52 Å².